The Balaban J connectivity index is 3.26. The van der Waals surface area contributed by atoms with Crippen molar-refractivity contribution in [3.05, 3.63) is 35.9 Å². The molecule has 528 valence electrons. The van der Waals surface area contributed by atoms with Gasteiger partial charge in [0.05, 0.1) is 31.4 Å². The van der Waals surface area contributed by atoms with Crippen LogP contribution in [0.25, 0.3) is 0 Å². The Bertz CT molecular complexity index is 2810. The van der Waals surface area contributed by atoms with Crippen molar-refractivity contribution in [2.45, 2.75) is 206 Å². The minimum atomic E-state index is -2.62. The van der Waals surface area contributed by atoms with Crippen LogP contribution in [0, 0.1) is 23.7 Å². The monoisotopic (exact) mass is 1330 g/mol. The van der Waals surface area contributed by atoms with Gasteiger partial charge < -0.3 is 101 Å². The molecule has 14 atom stereocenters. The number of aliphatic hydroxyl groups excluding tert-OH is 4. The molecule has 1 aliphatic rings. The number of ether oxygens (including phenoxy) is 2. The van der Waals surface area contributed by atoms with Gasteiger partial charge in [0.15, 0.2) is 30.3 Å². The molecule has 1 aromatic carbocycles. The molecular weight excluding hydrogens is 1230 g/mol. The van der Waals surface area contributed by atoms with Crippen molar-refractivity contribution in [2.75, 3.05) is 26.2 Å². The van der Waals surface area contributed by atoms with Crippen molar-refractivity contribution in [1.29, 1.82) is 0 Å². The van der Waals surface area contributed by atoms with Gasteiger partial charge in [-0.05, 0) is 82.6 Å². The molecule has 0 bridgehead atoms. The number of primary amides is 1. The average molecular weight is 1330 g/mol. The van der Waals surface area contributed by atoms with Gasteiger partial charge in [-0.3, -0.25) is 62.6 Å². The zero-order valence-corrected chi connectivity index (χ0v) is 55.4. The predicted molar refractivity (Wildman–Crippen MR) is 337 cm³/mol. The van der Waals surface area contributed by atoms with E-state index in [9.17, 15) is 63.6 Å². The third-order valence-electron chi connectivity index (χ3n) is 14.6. The molecule has 0 radical (unpaired) electrons. The van der Waals surface area contributed by atoms with E-state index in [1.54, 1.807) is 62.3 Å². The highest BCUT2D eigenvalue weighted by Crippen LogP contribution is 2.29. The van der Waals surface area contributed by atoms with Gasteiger partial charge in [-0.25, -0.2) is 9.59 Å². The van der Waals surface area contributed by atoms with Crippen LogP contribution in [0.2, 0.25) is 0 Å². The molecular formula is C60H99N15O19. The van der Waals surface area contributed by atoms with E-state index in [0.29, 0.717) is 4.90 Å². The third kappa shape index (κ3) is 26.4. The molecule has 0 aliphatic carbocycles. The molecule has 21 N–H and O–H groups in total. The van der Waals surface area contributed by atoms with E-state index >= 15 is 19.2 Å². The number of carbonyl (C=O) groups excluding carboxylic acids is 13. The van der Waals surface area contributed by atoms with Crippen molar-refractivity contribution < 1.29 is 92.2 Å². The summed E-state index contributed by atoms with van der Waals surface area (Å²) in [6, 6.07) is -11.0. The highest BCUT2D eigenvalue weighted by Gasteiger charge is 2.48. The summed E-state index contributed by atoms with van der Waals surface area (Å²) in [5.41, 5.74) is 21.7. The molecule has 0 unspecified atom stereocenters. The molecule has 1 saturated heterocycles. The van der Waals surface area contributed by atoms with Crippen molar-refractivity contribution in [3.63, 3.8) is 0 Å². The lowest BCUT2D eigenvalue weighted by atomic mass is 9.94. The Labute approximate surface area is 546 Å². The number of guanidine groups is 1. The first-order chi connectivity index (χ1) is 43.8. The van der Waals surface area contributed by atoms with Crippen molar-refractivity contribution in [3.8, 4) is 0 Å². The summed E-state index contributed by atoms with van der Waals surface area (Å²) in [5, 5.41) is 65.4. The van der Waals surface area contributed by atoms with Crippen LogP contribution in [0.15, 0.2) is 35.3 Å². The smallest absolute Gasteiger partial charge is 0.407 e. The van der Waals surface area contributed by atoms with E-state index < -0.39 is 205 Å². The van der Waals surface area contributed by atoms with Crippen LogP contribution in [0.5, 0.6) is 0 Å². The standard InChI is InChI=1S/C60H99N15O19/c1-13-31(8)40-52(86)73-41(32(9)77)51(85)67-26-38(78)71-43(46(81)48(62)82)54(88)70-37(27-76)57(91)93-47(33-18-15-14-16-19-33)44(75(56(90)34(61)24-28(2)3)39(79)21-23-66-59(92)94-60(10,11)12)55(89)74-42(45(80)30(6)7)53(87)69-36(25-29(4)5)50(84)68-35(49(83)72-40)20-17-22-65-58(63)64/h14-16,18-19,28-32,34-37,40-47,76-77,80-81H,13,17,20-27,61H2,1-12H3,(H2,62,82)(H,66,92)(H,67,85)(H,68,84)(H,69,87)(H,70,88)(H,71,78)(H,72,83)(H,73,86)(H,74,89)(H4,63,64,65)/t31-,32-,34-,35+,36-,37-,40-,41-,42-,43-,44-,45+,46-,47+/m0/s1. The van der Waals surface area contributed by atoms with Crippen molar-refractivity contribution in [2.24, 2.45) is 51.6 Å². The Morgan fingerprint density at radius 2 is 1.27 bits per heavy atom. The number of cyclic esters (lactones) is 1. The fourth-order valence-electron chi connectivity index (χ4n) is 9.40. The van der Waals surface area contributed by atoms with E-state index in [-0.39, 0.29) is 56.1 Å². The number of imide groups is 1. The van der Waals surface area contributed by atoms with Crippen LogP contribution in [0.3, 0.4) is 0 Å². The number of esters is 1. The summed E-state index contributed by atoms with van der Waals surface area (Å²) in [6.45, 7) is 15.4. The van der Waals surface area contributed by atoms with Gasteiger partial charge in [0, 0.05) is 19.5 Å². The number of hydrogen-bond donors (Lipinski definition) is 17. The summed E-state index contributed by atoms with van der Waals surface area (Å²) >= 11 is 0. The summed E-state index contributed by atoms with van der Waals surface area (Å²) in [4.78, 5) is 190. The first-order valence-electron chi connectivity index (χ1n) is 31.0. The fourth-order valence-corrected chi connectivity index (χ4v) is 9.40. The molecule has 1 aliphatic heterocycles. The zero-order chi connectivity index (χ0) is 71.6. The second-order valence-corrected chi connectivity index (χ2v) is 25.1. The Morgan fingerprint density at radius 3 is 1.80 bits per heavy atom. The first-order valence-corrected chi connectivity index (χ1v) is 31.0. The fraction of sp³-hybridized carbons (Fsp3) is 0.667. The van der Waals surface area contributed by atoms with E-state index in [0.717, 1.165) is 6.92 Å². The number of nitrogens with one attached hydrogen (secondary N) is 9. The first kappa shape index (κ1) is 81.5. The third-order valence-corrected chi connectivity index (χ3v) is 14.6. The molecule has 2 rings (SSSR count). The highest BCUT2D eigenvalue weighted by atomic mass is 16.6. The SMILES string of the molecule is CC[C@H](C)[C@@H]1NC(=O)[C@@H](CCCN=C(N)N)NC(=O)[C@H](CC(C)C)NC(=O)[C@H]([C@H](O)C(C)C)NC(=O)[C@@H](N(C(=O)CCNC(=O)OC(C)(C)C)C(=O)[C@@H](N)CC(C)C)[C@@H](c2ccccc2)OC(=O)[C@H](CO)NC(=O)[C@H]([C@H](O)C(N)=O)NC(=O)CNC(=O)[C@H]([C@H](C)O)NC1=O. The lowest BCUT2D eigenvalue weighted by Crippen LogP contribution is -2.65. The Hall–Kier alpha value is -8.60. The molecule has 12 amide bonds. The van der Waals surface area contributed by atoms with Gasteiger partial charge in [-0.1, -0.05) is 92.1 Å². The number of amides is 12. The summed E-state index contributed by atoms with van der Waals surface area (Å²) in [5.74, 6) is -18.8. The van der Waals surface area contributed by atoms with Gasteiger partial charge in [-0.15, -0.1) is 0 Å². The number of rotatable bonds is 22. The van der Waals surface area contributed by atoms with Gasteiger partial charge in [-0.2, -0.15) is 0 Å². The number of benzene rings is 1. The second kappa shape index (κ2) is 38.6. The van der Waals surface area contributed by atoms with E-state index in [4.69, 9.17) is 32.4 Å². The number of nitrogens with zero attached hydrogens (tertiary/aromatic N) is 2. The van der Waals surface area contributed by atoms with Gasteiger partial charge in [0.2, 0.25) is 65.0 Å². The maximum atomic E-state index is 15.8. The largest absolute Gasteiger partial charge is 0.453 e. The maximum Gasteiger partial charge on any atom is 0.407 e. The highest BCUT2D eigenvalue weighted by molar-refractivity contribution is 6.04. The molecule has 34 heteroatoms. The quantitative estimate of drug-likeness (QED) is 0.0224. The Kier molecular flexibility index (Phi) is 33.4. The van der Waals surface area contributed by atoms with E-state index in [2.05, 4.69) is 42.2 Å². The number of alkyl carbamates (subject to hydrolysis) is 1. The van der Waals surface area contributed by atoms with Crippen LogP contribution >= 0.6 is 0 Å². The van der Waals surface area contributed by atoms with Crippen LogP contribution < -0.4 is 70.8 Å². The number of aliphatic hydroxyl groups is 4. The van der Waals surface area contributed by atoms with Gasteiger partial charge >= 0.3 is 12.1 Å². The number of carbonyl (C=O) groups is 13. The summed E-state index contributed by atoms with van der Waals surface area (Å²) in [7, 11) is 0. The van der Waals surface area contributed by atoms with Crippen molar-refractivity contribution in [1.82, 2.24) is 52.8 Å². The molecule has 94 heavy (non-hydrogen) atoms. The van der Waals surface area contributed by atoms with Crippen LogP contribution in [-0.2, 0) is 67.0 Å². The average Bonchev–Trinajstić information content (AvgIpc) is 0.789. The zero-order valence-electron chi connectivity index (χ0n) is 55.4. The van der Waals surface area contributed by atoms with Crippen LogP contribution in [0.1, 0.15) is 133 Å². The van der Waals surface area contributed by atoms with Crippen LogP contribution in [-0.4, -0.2) is 213 Å². The number of hydrogen-bond acceptors (Lipinski definition) is 21. The molecule has 0 aromatic heterocycles. The maximum absolute atomic E-state index is 15.8. The van der Waals surface area contributed by atoms with Gasteiger partial charge in [0.1, 0.15) is 41.9 Å². The minimum absolute atomic E-state index is 0.0167. The lowest BCUT2D eigenvalue weighted by Gasteiger charge is -2.38. The predicted octanol–water partition coefficient (Wildman–Crippen LogP) is -4.81. The topological polar surface area (TPSA) is 549 Å². The molecule has 34 nitrogen and oxygen atoms in total. The molecule has 1 heterocycles. The Morgan fingerprint density at radius 1 is 0.713 bits per heavy atom. The number of nitrogens with two attached hydrogens (primary N) is 4. The second-order valence-electron chi connectivity index (χ2n) is 25.1. The summed E-state index contributed by atoms with van der Waals surface area (Å²) < 4.78 is 11.3. The van der Waals surface area contributed by atoms with Gasteiger partial charge in [0.25, 0.3) is 0 Å². The number of aliphatic imine (C=N–C) groups is 1. The molecule has 0 saturated carbocycles. The van der Waals surface area contributed by atoms with E-state index in [1.165, 1.54) is 44.2 Å². The minimum Gasteiger partial charge on any atom is -0.453 e. The van der Waals surface area contributed by atoms with Crippen LogP contribution in [0.4, 0.5) is 4.79 Å². The van der Waals surface area contributed by atoms with E-state index in [1.807, 2.05) is 10.6 Å². The normalized spacial score (nSPS) is 23.9. The molecule has 0 spiro atoms. The summed E-state index contributed by atoms with van der Waals surface area (Å²) in [6.07, 6.45) is -10.7. The molecule has 1 aromatic rings. The van der Waals surface area contributed by atoms with Crippen molar-refractivity contribution >= 4 is 83.0 Å². The lowest BCUT2D eigenvalue weighted by molar-refractivity contribution is -0.169. The molecule has 1 fully saturated rings.